The first kappa shape index (κ1) is 12.2. The van der Waals surface area contributed by atoms with Gasteiger partial charge in [0.25, 0.3) is 0 Å². The minimum absolute atomic E-state index is 0.509. The Morgan fingerprint density at radius 3 is 2.75 bits per heavy atom. The SMILES string of the molecule is CCN(CCC#N)c1ccnc(N(C)C)n1. The molecule has 1 heterocycles. The molecule has 1 aromatic rings. The van der Waals surface area contributed by atoms with Crippen LogP contribution < -0.4 is 9.80 Å². The number of anilines is 2. The maximum absolute atomic E-state index is 8.58. The molecule has 1 rings (SSSR count). The van der Waals surface area contributed by atoms with Crippen LogP contribution in [0.2, 0.25) is 0 Å². The van der Waals surface area contributed by atoms with E-state index in [1.54, 1.807) is 6.20 Å². The normalized spacial score (nSPS) is 9.62. The highest BCUT2D eigenvalue weighted by Crippen LogP contribution is 2.13. The van der Waals surface area contributed by atoms with Crippen molar-refractivity contribution < 1.29 is 0 Å². The number of rotatable bonds is 5. The lowest BCUT2D eigenvalue weighted by Crippen LogP contribution is -2.25. The Balaban J connectivity index is 2.84. The fraction of sp³-hybridized carbons (Fsp3) is 0.545. The van der Waals surface area contributed by atoms with Crippen molar-refractivity contribution in [1.82, 2.24) is 9.97 Å². The van der Waals surface area contributed by atoms with E-state index in [0.717, 1.165) is 12.4 Å². The van der Waals surface area contributed by atoms with E-state index < -0.39 is 0 Å². The van der Waals surface area contributed by atoms with Gasteiger partial charge in [-0.05, 0) is 13.0 Å². The summed E-state index contributed by atoms with van der Waals surface area (Å²) < 4.78 is 0. The third-order valence-corrected chi connectivity index (χ3v) is 2.23. The molecule has 5 nitrogen and oxygen atoms in total. The van der Waals surface area contributed by atoms with Gasteiger partial charge >= 0.3 is 0 Å². The fourth-order valence-electron chi connectivity index (χ4n) is 1.35. The highest BCUT2D eigenvalue weighted by atomic mass is 15.3. The lowest BCUT2D eigenvalue weighted by Gasteiger charge is -2.21. The van der Waals surface area contributed by atoms with E-state index in [4.69, 9.17) is 5.26 Å². The predicted octanol–water partition coefficient (Wildman–Crippen LogP) is 1.28. The average Bonchev–Trinajstić information content (AvgIpc) is 2.30. The topological polar surface area (TPSA) is 56.1 Å². The van der Waals surface area contributed by atoms with E-state index in [-0.39, 0.29) is 0 Å². The second kappa shape index (κ2) is 5.91. The molecule has 0 bridgehead atoms. The minimum atomic E-state index is 0.509. The van der Waals surface area contributed by atoms with Gasteiger partial charge in [-0.2, -0.15) is 10.2 Å². The number of hydrogen-bond donors (Lipinski definition) is 0. The monoisotopic (exact) mass is 219 g/mol. The number of nitrogens with zero attached hydrogens (tertiary/aromatic N) is 5. The second-order valence-corrected chi connectivity index (χ2v) is 3.60. The van der Waals surface area contributed by atoms with Gasteiger partial charge in [0.2, 0.25) is 5.95 Å². The summed E-state index contributed by atoms with van der Waals surface area (Å²) in [6.45, 7) is 3.59. The van der Waals surface area contributed by atoms with Crippen LogP contribution in [-0.4, -0.2) is 37.2 Å². The van der Waals surface area contributed by atoms with E-state index in [2.05, 4.69) is 27.9 Å². The Hall–Kier alpha value is -1.83. The summed E-state index contributed by atoms with van der Waals surface area (Å²) in [6, 6.07) is 4.01. The standard InChI is InChI=1S/C11H17N5/c1-4-16(9-5-7-12)10-6-8-13-11(14-10)15(2)3/h6,8H,4-5,9H2,1-3H3. The largest absolute Gasteiger partial charge is 0.356 e. The highest BCUT2D eigenvalue weighted by Gasteiger charge is 2.07. The highest BCUT2D eigenvalue weighted by molar-refractivity contribution is 5.42. The molecular weight excluding hydrogens is 202 g/mol. The van der Waals surface area contributed by atoms with Crippen LogP contribution in [-0.2, 0) is 0 Å². The molecule has 5 heteroatoms. The maximum Gasteiger partial charge on any atom is 0.226 e. The zero-order valence-electron chi connectivity index (χ0n) is 10.0. The molecule has 0 N–H and O–H groups in total. The van der Waals surface area contributed by atoms with E-state index in [1.807, 2.05) is 25.1 Å². The van der Waals surface area contributed by atoms with Gasteiger partial charge in [-0.3, -0.25) is 0 Å². The molecule has 0 aromatic carbocycles. The molecule has 0 aliphatic rings. The molecule has 0 aliphatic heterocycles. The fourth-order valence-corrected chi connectivity index (χ4v) is 1.35. The summed E-state index contributed by atoms with van der Waals surface area (Å²) >= 11 is 0. The number of hydrogen-bond acceptors (Lipinski definition) is 5. The lowest BCUT2D eigenvalue weighted by molar-refractivity contribution is 0.804. The molecule has 0 saturated carbocycles. The molecule has 0 spiro atoms. The van der Waals surface area contributed by atoms with E-state index in [1.165, 1.54) is 0 Å². The Bertz CT molecular complexity index is 369. The zero-order valence-corrected chi connectivity index (χ0v) is 10.0. The number of aromatic nitrogens is 2. The Morgan fingerprint density at radius 2 is 2.19 bits per heavy atom. The first-order chi connectivity index (χ1) is 7.69. The molecule has 0 aliphatic carbocycles. The van der Waals surface area contributed by atoms with Crippen molar-refractivity contribution in [3.8, 4) is 6.07 Å². The third-order valence-electron chi connectivity index (χ3n) is 2.23. The second-order valence-electron chi connectivity index (χ2n) is 3.60. The van der Waals surface area contributed by atoms with Crippen molar-refractivity contribution in [2.75, 3.05) is 37.0 Å². The van der Waals surface area contributed by atoms with Crippen LogP contribution in [0.3, 0.4) is 0 Å². The van der Waals surface area contributed by atoms with Gasteiger partial charge in [0.05, 0.1) is 12.5 Å². The van der Waals surface area contributed by atoms with Gasteiger partial charge in [-0.25, -0.2) is 4.98 Å². The number of nitriles is 1. The first-order valence-electron chi connectivity index (χ1n) is 5.31. The van der Waals surface area contributed by atoms with Crippen LogP contribution in [0.4, 0.5) is 11.8 Å². The van der Waals surface area contributed by atoms with Gasteiger partial charge in [-0.1, -0.05) is 0 Å². The van der Waals surface area contributed by atoms with E-state index in [9.17, 15) is 0 Å². The summed E-state index contributed by atoms with van der Waals surface area (Å²) in [6.07, 6.45) is 2.25. The third kappa shape index (κ3) is 3.09. The molecule has 0 fully saturated rings. The van der Waals surface area contributed by atoms with Crippen LogP contribution in [0, 0.1) is 11.3 Å². The van der Waals surface area contributed by atoms with Crippen LogP contribution in [0.25, 0.3) is 0 Å². The predicted molar refractivity (Wildman–Crippen MR) is 64.5 cm³/mol. The zero-order chi connectivity index (χ0) is 12.0. The Kier molecular flexibility index (Phi) is 4.52. The maximum atomic E-state index is 8.58. The molecule has 0 saturated heterocycles. The summed E-state index contributed by atoms with van der Waals surface area (Å²) in [5, 5.41) is 8.58. The van der Waals surface area contributed by atoms with Crippen molar-refractivity contribution in [3.63, 3.8) is 0 Å². The molecular formula is C11H17N5. The summed E-state index contributed by atoms with van der Waals surface area (Å²) in [5.41, 5.74) is 0. The molecule has 0 atom stereocenters. The lowest BCUT2D eigenvalue weighted by atomic mass is 10.4. The van der Waals surface area contributed by atoms with Crippen LogP contribution in [0.15, 0.2) is 12.3 Å². The van der Waals surface area contributed by atoms with Gasteiger partial charge in [-0.15, -0.1) is 0 Å². The smallest absolute Gasteiger partial charge is 0.226 e. The first-order valence-corrected chi connectivity index (χ1v) is 5.31. The molecule has 16 heavy (non-hydrogen) atoms. The Morgan fingerprint density at radius 1 is 1.44 bits per heavy atom. The van der Waals surface area contributed by atoms with Gasteiger partial charge < -0.3 is 9.80 Å². The molecule has 0 amide bonds. The minimum Gasteiger partial charge on any atom is -0.356 e. The Labute approximate surface area is 96.3 Å². The van der Waals surface area contributed by atoms with Gasteiger partial charge in [0, 0.05) is 33.4 Å². The quantitative estimate of drug-likeness (QED) is 0.746. The van der Waals surface area contributed by atoms with Crippen LogP contribution in [0.5, 0.6) is 0 Å². The van der Waals surface area contributed by atoms with E-state index in [0.29, 0.717) is 18.9 Å². The molecule has 1 aromatic heterocycles. The summed E-state index contributed by atoms with van der Waals surface area (Å²) in [5.74, 6) is 1.56. The van der Waals surface area contributed by atoms with Crippen LogP contribution in [0.1, 0.15) is 13.3 Å². The van der Waals surface area contributed by atoms with Gasteiger partial charge in [0.15, 0.2) is 0 Å². The average molecular weight is 219 g/mol. The van der Waals surface area contributed by atoms with Crippen molar-refractivity contribution in [1.29, 1.82) is 5.26 Å². The van der Waals surface area contributed by atoms with Crippen molar-refractivity contribution in [2.24, 2.45) is 0 Å². The van der Waals surface area contributed by atoms with Crippen molar-refractivity contribution in [2.45, 2.75) is 13.3 Å². The summed E-state index contributed by atoms with van der Waals surface area (Å²) in [7, 11) is 3.81. The van der Waals surface area contributed by atoms with Gasteiger partial charge in [0.1, 0.15) is 5.82 Å². The summed E-state index contributed by atoms with van der Waals surface area (Å²) in [4.78, 5) is 12.5. The van der Waals surface area contributed by atoms with Crippen LogP contribution >= 0.6 is 0 Å². The van der Waals surface area contributed by atoms with Crippen molar-refractivity contribution in [3.05, 3.63) is 12.3 Å². The molecule has 0 unspecified atom stereocenters. The van der Waals surface area contributed by atoms with E-state index >= 15 is 0 Å². The molecule has 0 radical (unpaired) electrons. The molecule has 86 valence electrons. The van der Waals surface area contributed by atoms with Crippen molar-refractivity contribution >= 4 is 11.8 Å².